The number of hydrogen-bond acceptors (Lipinski definition) is 3. The Labute approximate surface area is 106 Å². The van der Waals surface area contributed by atoms with Gasteiger partial charge in [-0.15, -0.1) is 0 Å². The molecule has 0 aliphatic rings. The molecule has 0 N–H and O–H groups in total. The lowest BCUT2D eigenvalue weighted by atomic mass is 10.1. The Balaban J connectivity index is 2.24. The molecular formula is C13H7F2N3O. The fourth-order valence-electron chi connectivity index (χ4n) is 1.81. The van der Waals surface area contributed by atoms with Crippen LogP contribution in [0.25, 0.3) is 16.9 Å². The van der Waals surface area contributed by atoms with Gasteiger partial charge in [0.25, 0.3) is 0 Å². The van der Waals surface area contributed by atoms with Gasteiger partial charge in [0.05, 0.1) is 11.9 Å². The van der Waals surface area contributed by atoms with Crippen LogP contribution in [0.1, 0.15) is 10.5 Å². The maximum Gasteiger partial charge on any atom is 0.170 e. The van der Waals surface area contributed by atoms with Crippen LogP contribution < -0.4 is 0 Å². The second kappa shape index (κ2) is 4.24. The molecule has 1 aromatic carbocycles. The molecule has 0 unspecified atom stereocenters. The van der Waals surface area contributed by atoms with E-state index in [-0.39, 0.29) is 17.0 Å². The van der Waals surface area contributed by atoms with Crippen LogP contribution in [0.5, 0.6) is 0 Å². The molecule has 3 aromatic rings. The first kappa shape index (κ1) is 11.5. The Bertz CT molecular complexity index is 783. The number of hydrogen-bond donors (Lipinski definition) is 0. The molecule has 0 aliphatic carbocycles. The van der Waals surface area contributed by atoms with Crippen molar-refractivity contribution in [2.75, 3.05) is 0 Å². The molecule has 2 aromatic heterocycles. The molecule has 19 heavy (non-hydrogen) atoms. The number of benzene rings is 1. The minimum absolute atomic E-state index is 0.0347. The largest absolute Gasteiger partial charge is 0.296 e. The number of carbonyl (C=O) groups is 1. The van der Waals surface area contributed by atoms with Gasteiger partial charge in [-0.2, -0.15) is 5.10 Å². The van der Waals surface area contributed by atoms with E-state index >= 15 is 0 Å². The Hall–Kier alpha value is -2.63. The highest BCUT2D eigenvalue weighted by atomic mass is 19.1. The molecule has 0 saturated carbocycles. The van der Waals surface area contributed by atoms with Crippen molar-refractivity contribution in [3.05, 3.63) is 53.9 Å². The van der Waals surface area contributed by atoms with E-state index in [0.717, 1.165) is 18.2 Å². The van der Waals surface area contributed by atoms with Gasteiger partial charge < -0.3 is 0 Å². The second-order valence-electron chi connectivity index (χ2n) is 3.91. The zero-order valence-electron chi connectivity index (χ0n) is 9.55. The molecular weight excluding hydrogens is 252 g/mol. The molecule has 6 heteroatoms. The van der Waals surface area contributed by atoms with Crippen LogP contribution in [0.3, 0.4) is 0 Å². The Morgan fingerprint density at radius 2 is 2.00 bits per heavy atom. The van der Waals surface area contributed by atoms with Crippen molar-refractivity contribution in [3.8, 4) is 11.3 Å². The fourth-order valence-corrected chi connectivity index (χ4v) is 1.81. The topological polar surface area (TPSA) is 47.3 Å². The molecule has 0 bridgehead atoms. The third-order valence-corrected chi connectivity index (χ3v) is 2.71. The molecule has 0 radical (unpaired) electrons. The lowest BCUT2D eigenvalue weighted by molar-refractivity contribution is 0.111. The number of nitrogens with zero attached hydrogens (tertiary/aromatic N) is 3. The van der Waals surface area contributed by atoms with Crippen LogP contribution >= 0.6 is 0 Å². The molecule has 0 spiro atoms. The molecule has 3 rings (SSSR count). The van der Waals surface area contributed by atoms with Gasteiger partial charge in [0.2, 0.25) is 0 Å². The highest BCUT2D eigenvalue weighted by molar-refractivity contribution is 5.74. The summed E-state index contributed by atoms with van der Waals surface area (Å²) in [6, 6.07) is 6.23. The van der Waals surface area contributed by atoms with E-state index in [4.69, 9.17) is 0 Å². The van der Waals surface area contributed by atoms with Gasteiger partial charge in [-0.3, -0.25) is 4.79 Å². The van der Waals surface area contributed by atoms with Crippen LogP contribution in [-0.2, 0) is 0 Å². The van der Waals surface area contributed by atoms with Crippen molar-refractivity contribution in [1.29, 1.82) is 0 Å². The number of aldehydes is 1. The van der Waals surface area contributed by atoms with E-state index in [0.29, 0.717) is 11.9 Å². The van der Waals surface area contributed by atoms with Crippen LogP contribution in [0.15, 0.2) is 36.5 Å². The summed E-state index contributed by atoms with van der Waals surface area (Å²) in [5, 5.41) is 4.09. The maximum atomic E-state index is 13.7. The van der Waals surface area contributed by atoms with Crippen molar-refractivity contribution in [2.45, 2.75) is 0 Å². The summed E-state index contributed by atoms with van der Waals surface area (Å²) in [7, 11) is 0. The van der Waals surface area contributed by atoms with Crippen LogP contribution in [0.4, 0.5) is 8.78 Å². The van der Waals surface area contributed by atoms with E-state index in [9.17, 15) is 13.6 Å². The number of aromatic nitrogens is 3. The van der Waals surface area contributed by atoms with Gasteiger partial charge in [0.1, 0.15) is 17.3 Å². The third-order valence-electron chi connectivity index (χ3n) is 2.71. The lowest BCUT2D eigenvalue weighted by Gasteiger charge is -2.04. The number of carbonyl (C=O) groups excluding carboxylic acids is 1. The van der Waals surface area contributed by atoms with Gasteiger partial charge in [0.15, 0.2) is 11.9 Å². The van der Waals surface area contributed by atoms with Crippen molar-refractivity contribution in [3.63, 3.8) is 0 Å². The summed E-state index contributed by atoms with van der Waals surface area (Å²) in [5.74, 6) is -1.14. The third kappa shape index (κ3) is 1.87. The Morgan fingerprint density at radius 1 is 1.16 bits per heavy atom. The van der Waals surface area contributed by atoms with Crippen LogP contribution in [0, 0.1) is 11.6 Å². The average Bonchev–Trinajstić information content (AvgIpc) is 2.83. The van der Waals surface area contributed by atoms with E-state index in [1.165, 1.54) is 16.8 Å². The van der Waals surface area contributed by atoms with Crippen LogP contribution in [0.2, 0.25) is 0 Å². The maximum absolute atomic E-state index is 13.7. The quantitative estimate of drug-likeness (QED) is 0.664. The van der Waals surface area contributed by atoms with E-state index in [1.807, 2.05) is 0 Å². The molecule has 0 aliphatic heterocycles. The van der Waals surface area contributed by atoms with Crippen molar-refractivity contribution >= 4 is 11.9 Å². The standard InChI is InChI=1S/C13H7F2N3O/c14-8-1-2-11(15)10(5-8)12-3-4-13-16-6-9(7-19)18(13)17-12/h1-7H. The molecule has 4 nitrogen and oxygen atoms in total. The molecule has 0 amide bonds. The number of fused-ring (bicyclic) bond motifs is 1. The number of imidazole rings is 1. The first-order valence-electron chi connectivity index (χ1n) is 5.44. The van der Waals surface area contributed by atoms with Crippen molar-refractivity contribution < 1.29 is 13.6 Å². The number of halogens is 2. The number of rotatable bonds is 2. The van der Waals surface area contributed by atoms with Gasteiger partial charge in [0, 0.05) is 5.56 Å². The smallest absolute Gasteiger partial charge is 0.170 e. The highest BCUT2D eigenvalue weighted by Gasteiger charge is 2.10. The zero-order valence-corrected chi connectivity index (χ0v) is 9.55. The predicted octanol–water partition coefficient (Wildman–Crippen LogP) is 2.49. The first-order chi connectivity index (χ1) is 9.19. The van der Waals surface area contributed by atoms with Gasteiger partial charge in [-0.25, -0.2) is 18.3 Å². The van der Waals surface area contributed by atoms with Crippen molar-refractivity contribution in [2.24, 2.45) is 0 Å². The molecule has 94 valence electrons. The summed E-state index contributed by atoms with van der Waals surface area (Å²) in [5.41, 5.74) is 0.967. The minimum Gasteiger partial charge on any atom is -0.296 e. The van der Waals surface area contributed by atoms with Crippen molar-refractivity contribution in [1.82, 2.24) is 14.6 Å². The van der Waals surface area contributed by atoms with E-state index in [2.05, 4.69) is 10.1 Å². The van der Waals surface area contributed by atoms with E-state index < -0.39 is 11.6 Å². The molecule has 0 fully saturated rings. The second-order valence-corrected chi connectivity index (χ2v) is 3.91. The molecule has 0 atom stereocenters. The predicted molar refractivity (Wildman–Crippen MR) is 63.7 cm³/mol. The highest BCUT2D eigenvalue weighted by Crippen LogP contribution is 2.22. The first-order valence-corrected chi connectivity index (χ1v) is 5.44. The summed E-state index contributed by atoms with van der Waals surface area (Å²) in [4.78, 5) is 14.8. The minimum atomic E-state index is -0.582. The fraction of sp³-hybridized carbons (Fsp3) is 0. The molecule has 2 heterocycles. The van der Waals surface area contributed by atoms with Gasteiger partial charge in [-0.05, 0) is 30.3 Å². The zero-order chi connectivity index (χ0) is 13.4. The molecule has 0 saturated heterocycles. The lowest BCUT2D eigenvalue weighted by Crippen LogP contribution is -1.99. The summed E-state index contributed by atoms with van der Waals surface area (Å²) in [6.45, 7) is 0. The van der Waals surface area contributed by atoms with Gasteiger partial charge >= 0.3 is 0 Å². The summed E-state index contributed by atoms with van der Waals surface area (Å²) < 4.78 is 28.1. The van der Waals surface area contributed by atoms with E-state index in [1.54, 1.807) is 6.07 Å². The Morgan fingerprint density at radius 3 is 2.79 bits per heavy atom. The SMILES string of the molecule is O=Cc1cnc2ccc(-c3cc(F)ccc3F)nn12. The average molecular weight is 259 g/mol. The van der Waals surface area contributed by atoms with Gasteiger partial charge in [-0.1, -0.05) is 0 Å². The normalized spacial score (nSPS) is 10.8. The summed E-state index contributed by atoms with van der Waals surface area (Å²) >= 11 is 0. The Kier molecular flexibility index (Phi) is 2.56. The summed E-state index contributed by atoms with van der Waals surface area (Å²) in [6.07, 6.45) is 1.96. The van der Waals surface area contributed by atoms with Crippen LogP contribution in [-0.4, -0.2) is 20.9 Å². The monoisotopic (exact) mass is 259 g/mol.